The lowest BCUT2D eigenvalue weighted by molar-refractivity contribution is 0.622. The highest BCUT2D eigenvalue weighted by Gasteiger charge is 1.99. The van der Waals surface area contributed by atoms with Crippen LogP contribution in [0.15, 0.2) is 53.4 Å². The van der Waals surface area contributed by atoms with Crippen molar-refractivity contribution in [3.63, 3.8) is 0 Å². The fraction of sp³-hybridized carbons (Fsp3) is 0.200. The summed E-state index contributed by atoms with van der Waals surface area (Å²) >= 11 is 7.60. The second kappa shape index (κ2) is 7.53. The molecule has 1 nitrogen and oxygen atoms in total. The minimum absolute atomic E-state index is 0.289. The van der Waals surface area contributed by atoms with Crippen LogP contribution in [0.25, 0.3) is 0 Å². The zero-order chi connectivity index (χ0) is 13.5. The number of nitrogens with one attached hydrogen (secondary N) is 1. The molecule has 0 amide bonds. The van der Waals surface area contributed by atoms with Crippen LogP contribution in [0.3, 0.4) is 0 Å². The van der Waals surface area contributed by atoms with Crippen LogP contribution in [-0.2, 0) is 6.54 Å². The first kappa shape index (κ1) is 14.4. The van der Waals surface area contributed by atoms with Crippen LogP contribution in [0.5, 0.6) is 0 Å². The SMILES string of the molecule is Fc1cc(Cl)cc(CNCCSc2ccccc2)c1. The Hall–Kier alpha value is -1.03. The van der Waals surface area contributed by atoms with Crippen LogP contribution >= 0.6 is 23.4 Å². The second-order valence-corrected chi connectivity index (χ2v) is 5.72. The highest BCUT2D eigenvalue weighted by atomic mass is 35.5. The summed E-state index contributed by atoms with van der Waals surface area (Å²) in [4.78, 5) is 1.26. The van der Waals surface area contributed by atoms with E-state index in [4.69, 9.17) is 11.6 Å². The predicted molar refractivity (Wildman–Crippen MR) is 80.3 cm³/mol. The molecule has 19 heavy (non-hydrogen) atoms. The molecule has 0 saturated heterocycles. The molecule has 0 aliphatic heterocycles. The topological polar surface area (TPSA) is 12.0 Å². The van der Waals surface area contributed by atoms with Gasteiger partial charge in [0.2, 0.25) is 0 Å². The Morgan fingerprint density at radius 1 is 1.11 bits per heavy atom. The molecule has 100 valence electrons. The molecule has 0 bridgehead atoms. The number of halogens is 2. The number of hydrogen-bond acceptors (Lipinski definition) is 2. The third kappa shape index (κ3) is 5.23. The number of benzene rings is 2. The lowest BCUT2D eigenvalue weighted by Gasteiger charge is -2.06. The molecule has 0 fully saturated rings. The summed E-state index contributed by atoms with van der Waals surface area (Å²) in [7, 11) is 0. The predicted octanol–water partition coefficient (Wildman–Crippen LogP) is 4.36. The molecule has 0 unspecified atom stereocenters. The van der Waals surface area contributed by atoms with Gasteiger partial charge < -0.3 is 5.32 Å². The summed E-state index contributed by atoms with van der Waals surface area (Å²) in [6.07, 6.45) is 0. The highest BCUT2D eigenvalue weighted by molar-refractivity contribution is 7.99. The highest BCUT2D eigenvalue weighted by Crippen LogP contribution is 2.16. The van der Waals surface area contributed by atoms with Crippen LogP contribution in [0, 0.1) is 5.82 Å². The zero-order valence-corrected chi connectivity index (χ0v) is 12.0. The van der Waals surface area contributed by atoms with E-state index in [2.05, 4.69) is 17.4 Å². The van der Waals surface area contributed by atoms with Crippen LogP contribution in [0.4, 0.5) is 4.39 Å². The third-order valence-electron chi connectivity index (χ3n) is 2.54. The van der Waals surface area contributed by atoms with Crippen LogP contribution < -0.4 is 5.32 Å². The smallest absolute Gasteiger partial charge is 0.125 e. The van der Waals surface area contributed by atoms with Gasteiger partial charge in [-0.2, -0.15) is 0 Å². The normalized spacial score (nSPS) is 10.6. The van der Waals surface area contributed by atoms with Gasteiger partial charge in [0.25, 0.3) is 0 Å². The molecule has 2 rings (SSSR count). The van der Waals surface area contributed by atoms with Crippen molar-refractivity contribution in [2.24, 2.45) is 0 Å². The van der Waals surface area contributed by atoms with Crippen LogP contribution in [-0.4, -0.2) is 12.3 Å². The van der Waals surface area contributed by atoms with E-state index in [0.717, 1.165) is 17.9 Å². The number of rotatable bonds is 6. The van der Waals surface area contributed by atoms with Crippen LogP contribution in [0.2, 0.25) is 5.02 Å². The van der Waals surface area contributed by atoms with Gasteiger partial charge >= 0.3 is 0 Å². The van der Waals surface area contributed by atoms with Crippen molar-refractivity contribution in [3.8, 4) is 0 Å². The largest absolute Gasteiger partial charge is 0.312 e. The summed E-state index contributed by atoms with van der Waals surface area (Å²) in [6.45, 7) is 1.50. The Morgan fingerprint density at radius 2 is 1.89 bits per heavy atom. The van der Waals surface area contributed by atoms with Gasteiger partial charge in [-0.25, -0.2) is 4.39 Å². The summed E-state index contributed by atoms with van der Waals surface area (Å²) < 4.78 is 13.1. The Morgan fingerprint density at radius 3 is 2.63 bits per heavy atom. The molecule has 1 N–H and O–H groups in total. The molecule has 0 heterocycles. The van der Waals surface area contributed by atoms with Crippen molar-refractivity contribution in [2.45, 2.75) is 11.4 Å². The molecule has 2 aromatic carbocycles. The average molecular weight is 296 g/mol. The van der Waals surface area contributed by atoms with Crippen molar-refractivity contribution in [1.82, 2.24) is 5.32 Å². The molecule has 2 aromatic rings. The average Bonchev–Trinajstić information content (AvgIpc) is 2.38. The van der Waals surface area contributed by atoms with E-state index in [1.54, 1.807) is 17.8 Å². The van der Waals surface area contributed by atoms with E-state index in [9.17, 15) is 4.39 Å². The first-order chi connectivity index (χ1) is 9.24. The number of thioether (sulfide) groups is 1. The van der Waals surface area contributed by atoms with Gasteiger partial charge in [0.1, 0.15) is 5.82 Å². The maximum Gasteiger partial charge on any atom is 0.125 e. The van der Waals surface area contributed by atoms with Gasteiger partial charge in [0, 0.05) is 28.8 Å². The van der Waals surface area contributed by atoms with Gasteiger partial charge in [-0.15, -0.1) is 11.8 Å². The monoisotopic (exact) mass is 295 g/mol. The molecule has 0 aliphatic rings. The molecule has 0 atom stereocenters. The quantitative estimate of drug-likeness (QED) is 0.628. The molecule has 0 radical (unpaired) electrons. The minimum Gasteiger partial charge on any atom is -0.312 e. The Bertz CT molecular complexity index is 499. The van der Waals surface area contributed by atoms with Crippen molar-refractivity contribution in [2.75, 3.05) is 12.3 Å². The number of hydrogen-bond donors (Lipinski definition) is 1. The standard InChI is InChI=1S/C15H15ClFNS/c16-13-8-12(9-14(17)10-13)11-18-6-7-19-15-4-2-1-3-5-15/h1-5,8-10,18H,6-7,11H2. The summed E-state index contributed by atoms with van der Waals surface area (Å²) in [5, 5.41) is 3.72. The first-order valence-corrected chi connectivity index (χ1v) is 7.44. The van der Waals surface area contributed by atoms with Gasteiger partial charge in [-0.05, 0) is 35.9 Å². The maximum absolute atomic E-state index is 13.1. The zero-order valence-electron chi connectivity index (χ0n) is 10.4. The Kier molecular flexibility index (Phi) is 5.70. The molecule has 4 heteroatoms. The lowest BCUT2D eigenvalue weighted by Crippen LogP contribution is -2.16. The third-order valence-corrected chi connectivity index (χ3v) is 3.77. The van der Waals surface area contributed by atoms with E-state index >= 15 is 0 Å². The first-order valence-electron chi connectivity index (χ1n) is 6.07. The van der Waals surface area contributed by atoms with Gasteiger partial charge in [0.15, 0.2) is 0 Å². The molecule has 0 aromatic heterocycles. The van der Waals surface area contributed by atoms with Gasteiger partial charge in [-0.1, -0.05) is 29.8 Å². The summed E-state index contributed by atoms with van der Waals surface area (Å²) in [5.74, 6) is 0.690. The van der Waals surface area contributed by atoms with E-state index in [1.165, 1.54) is 17.0 Å². The fourth-order valence-electron chi connectivity index (χ4n) is 1.70. The fourth-order valence-corrected chi connectivity index (χ4v) is 2.78. The van der Waals surface area contributed by atoms with Crippen molar-refractivity contribution >= 4 is 23.4 Å². The van der Waals surface area contributed by atoms with Crippen LogP contribution in [0.1, 0.15) is 5.56 Å². The van der Waals surface area contributed by atoms with Crippen molar-refractivity contribution < 1.29 is 4.39 Å². The van der Waals surface area contributed by atoms with Gasteiger partial charge in [0.05, 0.1) is 0 Å². The molecule has 0 aliphatic carbocycles. The maximum atomic E-state index is 13.1. The molecule has 0 saturated carbocycles. The van der Waals surface area contributed by atoms with E-state index in [0.29, 0.717) is 11.6 Å². The molecular weight excluding hydrogens is 281 g/mol. The van der Waals surface area contributed by atoms with Crippen molar-refractivity contribution in [1.29, 1.82) is 0 Å². The minimum atomic E-state index is -0.289. The second-order valence-electron chi connectivity index (χ2n) is 4.12. The summed E-state index contributed by atoms with van der Waals surface area (Å²) in [5.41, 5.74) is 0.870. The lowest BCUT2D eigenvalue weighted by atomic mass is 10.2. The summed E-state index contributed by atoms with van der Waals surface area (Å²) in [6, 6.07) is 14.9. The van der Waals surface area contributed by atoms with E-state index in [1.807, 2.05) is 18.2 Å². The van der Waals surface area contributed by atoms with E-state index in [-0.39, 0.29) is 5.82 Å². The molecular formula is C15H15ClFNS. The Balaban J connectivity index is 1.69. The van der Waals surface area contributed by atoms with Gasteiger partial charge in [-0.3, -0.25) is 0 Å². The van der Waals surface area contributed by atoms with E-state index < -0.39 is 0 Å². The van der Waals surface area contributed by atoms with Crippen molar-refractivity contribution in [3.05, 3.63) is 64.9 Å². The molecule has 0 spiro atoms. The Labute approximate surface area is 122 Å².